The minimum Gasteiger partial charge on any atom is -0.497 e. The summed E-state index contributed by atoms with van der Waals surface area (Å²) in [6.07, 6.45) is 0. The lowest BCUT2D eigenvalue weighted by Gasteiger charge is -2.34. The summed E-state index contributed by atoms with van der Waals surface area (Å²) in [4.78, 5) is 21.0. The number of anilines is 1. The third-order valence-electron chi connectivity index (χ3n) is 4.75. The Hall–Kier alpha value is -2.77. The quantitative estimate of drug-likeness (QED) is 0.720. The van der Waals surface area contributed by atoms with Gasteiger partial charge in [-0.05, 0) is 36.4 Å². The molecule has 7 nitrogen and oxygen atoms in total. The summed E-state index contributed by atoms with van der Waals surface area (Å²) in [5, 5.41) is 3.55. The van der Waals surface area contributed by atoms with Crippen molar-refractivity contribution in [1.29, 1.82) is 0 Å². The van der Waals surface area contributed by atoms with E-state index in [9.17, 15) is 4.79 Å². The van der Waals surface area contributed by atoms with Gasteiger partial charge in [-0.3, -0.25) is 4.90 Å². The first-order valence-electron chi connectivity index (χ1n) is 9.08. The first kappa shape index (κ1) is 18.6. The molecule has 1 saturated heterocycles. The lowest BCUT2D eigenvalue weighted by atomic mass is 10.3. The van der Waals surface area contributed by atoms with Gasteiger partial charge in [0.15, 0.2) is 5.58 Å². The van der Waals surface area contributed by atoms with Gasteiger partial charge in [0, 0.05) is 43.0 Å². The van der Waals surface area contributed by atoms with Crippen LogP contribution < -0.4 is 10.1 Å². The van der Waals surface area contributed by atoms with Crippen LogP contribution in [-0.2, 0) is 6.54 Å². The van der Waals surface area contributed by atoms with Crippen molar-refractivity contribution in [2.75, 3.05) is 38.6 Å². The Labute approximate surface area is 167 Å². The van der Waals surface area contributed by atoms with Gasteiger partial charge in [-0.1, -0.05) is 11.6 Å². The van der Waals surface area contributed by atoms with Crippen molar-refractivity contribution in [2.45, 2.75) is 6.54 Å². The van der Waals surface area contributed by atoms with Crippen LogP contribution >= 0.6 is 11.6 Å². The molecule has 0 aliphatic carbocycles. The average molecular weight is 401 g/mol. The number of methoxy groups -OCH3 is 1. The largest absolute Gasteiger partial charge is 0.497 e. The number of ether oxygens (including phenoxy) is 1. The fourth-order valence-corrected chi connectivity index (χ4v) is 3.35. The third kappa shape index (κ3) is 4.21. The van der Waals surface area contributed by atoms with E-state index >= 15 is 0 Å². The van der Waals surface area contributed by atoms with Gasteiger partial charge in [0.2, 0.25) is 5.89 Å². The number of carbonyl (C=O) groups is 1. The van der Waals surface area contributed by atoms with E-state index in [0.717, 1.165) is 30.0 Å². The van der Waals surface area contributed by atoms with Gasteiger partial charge in [-0.25, -0.2) is 9.78 Å². The fourth-order valence-electron chi connectivity index (χ4n) is 3.19. The Balaban J connectivity index is 1.30. The number of aromatic nitrogens is 1. The van der Waals surface area contributed by atoms with Crippen LogP contribution in [0, 0.1) is 0 Å². The van der Waals surface area contributed by atoms with E-state index in [-0.39, 0.29) is 6.03 Å². The topological polar surface area (TPSA) is 70.8 Å². The second-order valence-corrected chi connectivity index (χ2v) is 7.08. The molecular weight excluding hydrogens is 380 g/mol. The summed E-state index contributed by atoms with van der Waals surface area (Å²) in [5.74, 6) is 1.42. The molecule has 146 valence electrons. The number of oxazole rings is 1. The molecule has 1 aromatic heterocycles. The molecule has 8 heteroatoms. The average Bonchev–Trinajstić information content (AvgIpc) is 3.10. The number of halogens is 1. The van der Waals surface area contributed by atoms with Crippen molar-refractivity contribution in [3.05, 3.63) is 53.4 Å². The molecular formula is C20H21ClN4O3. The number of hydrogen-bond donors (Lipinski definition) is 1. The van der Waals surface area contributed by atoms with E-state index in [1.807, 2.05) is 35.2 Å². The van der Waals surface area contributed by atoms with E-state index in [4.69, 9.17) is 20.8 Å². The highest BCUT2D eigenvalue weighted by atomic mass is 35.5. The molecule has 0 saturated carbocycles. The zero-order valence-corrected chi connectivity index (χ0v) is 16.3. The maximum atomic E-state index is 12.5. The van der Waals surface area contributed by atoms with Gasteiger partial charge < -0.3 is 19.4 Å². The smallest absolute Gasteiger partial charge is 0.321 e. The number of nitrogens with one attached hydrogen (secondary N) is 1. The molecule has 4 rings (SSSR count). The van der Waals surface area contributed by atoms with Crippen LogP contribution in [0.15, 0.2) is 46.9 Å². The molecule has 1 aliphatic rings. The number of hydrogen-bond acceptors (Lipinski definition) is 5. The number of benzene rings is 2. The second kappa shape index (κ2) is 8.08. The summed E-state index contributed by atoms with van der Waals surface area (Å²) in [6.45, 7) is 3.42. The molecule has 3 aromatic rings. The summed E-state index contributed by atoms with van der Waals surface area (Å²) in [7, 11) is 1.61. The Morgan fingerprint density at radius 2 is 1.93 bits per heavy atom. The first-order chi connectivity index (χ1) is 13.6. The Bertz CT molecular complexity index is 965. The van der Waals surface area contributed by atoms with Crippen molar-refractivity contribution in [2.24, 2.45) is 0 Å². The minimum atomic E-state index is -0.0960. The van der Waals surface area contributed by atoms with E-state index in [1.54, 1.807) is 19.2 Å². The fraction of sp³-hybridized carbons (Fsp3) is 0.300. The Morgan fingerprint density at radius 1 is 1.18 bits per heavy atom. The third-order valence-corrected chi connectivity index (χ3v) is 4.99. The molecule has 1 fully saturated rings. The molecule has 0 spiro atoms. The van der Waals surface area contributed by atoms with E-state index < -0.39 is 0 Å². The number of carbonyl (C=O) groups excluding carboxylic acids is 1. The molecule has 2 heterocycles. The highest BCUT2D eigenvalue weighted by molar-refractivity contribution is 6.31. The van der Waals surface area contributed by atoms with Crippen LogP contribution in [0.5, 0.6) is 5.75 Å². The second-order valence-electron chi connectivity index (χ2n) is 6.64. The predicted octanol–water partition coefficient (Wildman–Crippen LogP) is 3.84. The summed E-state index contributed by atoms with van der Waals surface area (Å²) >= 11 is 5.99. The SMILES string of the molecule is COc1ccc(NC(=O)N2CCN(Cc3nc4ccc(Cl)cc4o3)CC2)cc1. The molecule has 0 unspecified atom stereocenters. The lowest BCUT2D eigenvalue weighted by molar-refractivity contribution is 0.136. The molecule has 28 heavy (non-hydrogen) atoms. The van der Waals surface area contributed by atoms with E-state index in [0.29, 0.717) is 36.1 Å². The van der Waals surface area contributed by atoms with Crippen LogP contribution in [0.25, 0.3) is 11.1 Å². The molecule has 0 bridgehead atoms. The van der Waals surface area contributed by atoms with Crippen LogP contribution in [0.1, 0.15) is 5.89 Å². The summed E-state index contributed by atoms with van der Waals surface area (Å²) in [6, 6.07) is 12.6. The van der Waals surface area contributed by atoms with E-state index in [1.165, 1.54) is 0 Å². The summed E-state index contributed by atoms with van der Waals surface area (Å²) in [5.41, 5.74) is 2.25. The van der Waals surface area contributed by atoms with Gasteiger partial charge in [0.1, 0.15) is 11.3 Å². The van der Waals surface area contributed by atoms with Crippen LogP contribution in [-0.4, -0.2) is 54.1 Å². The number of rotatable bonds is 4. The van der Waals surface area contributed by atoms with Crippen LogP contribution in [0.3, 0.4) is 0 Å². The standard InChI is InChI=1S/C20H21ClN4O3/c1-27-16-5-3-15(4-6-16)22-20(26)25-10-8-24(9-11-25)13-19-23-17-7-2-14(21)12-18(17)28-19/h2-7,12H,8-11,13H2,1H3,(H,22,26). The van der Waals surface area contributed by atoms with Gasteiger partial charge in [0.25, 0.3) is 0 Å². The van der Waals surface area contributed by atoms with Crippen molar-refractivity contribution < 1.29 is 13.9 Å². The number of amides is 2. The highest BCUT2D eigenvalue weighted by Gasteiger charge is 2.22. The van der Waals surface area contributed by atoms with Crippen molar-refractivity contribution in [1.82, 2.24) is 14.8 Å². The number of urea groups is 1. The maximum Gasteiger partial charge on any atom is 0.321 e. The van der Waals surface area contributed by atoms with Gasteiger partial charge in [-0.2, -0.15) is 0 Å². The van der Waals surface area contributed by atoms with Gasteiger partial charge >= 0.3 is 6.03 Å². The minimum absolute atomic E-state index is 0.0960. The maximum absolute atomic E-state index is 12.5. The van der Waals surface area contributed by atoms with Gasteiger partial charge in [-0.15, -0.1) is 0 Å². The van der Waals surface area contributed by atoms with Crippen molar-refractivity contribution >= 4 is 34.4 Å². The number of fused-ring (bicyclic) bond motifs is 1. The van der Waals surface area contributed by atoms with Crippen LogP contribution in [0.2, 0.25) is 5.02 Å². The Kier molecular flexibility index (Phi) is 5.36. The monoisotopic (exact) mass is 400 g/mol. The molecule has 1 aliphatic heterocycles. The number of piperazine rings is 1. The highest BCUT2D eigenvalue weighted by Crippen LogP contribution is 2.21. The molecule has 2 aromatic carbocycles. The van der Waals surface area contributed by atoms with Crippen LogP contribution in [0.4, 0.5) is 10.5 Å². The van der Waals surface area contributed by atoms with Crippen molar-refractivity contribution in [3.63, 3.8) is 0 Å². The molecule has 0 atom stereocenters. The molecule has 1 N–H and O–H groups in total. The van der Waals surface area contributed by atoms with Crippen molar-refractivity contribution in [3.8, 4) is 5.75 Å². The zero-order valence-electron chi connectivity index (χ0n) is 15.5. The zero-order chi connectivity index (χ0) is 19.5. The summed E-state index contributed by atoms with van der Waals surface area (Å²) < 4.78 is 10.9. The normalized spacial score (nSPS) is 15.0. The predicted molar refractivity (Wildman–Crippen MR) is 108 cm³/mol. The van der Waals surface area contributed by atoms with Gasteiger partial charge in [0.05, 0.1) is 13.7 Å². The molecule has 2 amide bonds. The lowest BCUT2D eigenvalue weighted by Crippen LogP contribution is -2.49. The first-order valence-corrected chi connectivity index (χ1v) is 9.46. The Morgan fingerprint density at radius 3 is 2.64 bits per heavy atom. The molecule has 0 radical (unpaired) electrons. The van der Waals surface area contributed by atoms with E-state index in [2.05, 4.69) is 15.2 Å². The number of nitrogens with zero attached hydrogens (tertiary/aromatic N) is 3.